The van der Waals surface area contributed by atoms with Gasteiger partial charge in [0.15, 0.2) is 11.5 Å². The van der Waals surface area contributed by atoms with Gasteiger partial charge in [-0.15, -0.1) is 0 Å². The van der Waals surface area contributed by atoms with Gasteiger partial charge in [0.2, 0.25) is 11.7 Å². The van der Waals surface area contributed by atoms with Crippen LogP contribution in [0, 0.1) is 0 Å². The fourth-order valence-electron chi connectivity index (χ4n) is 3.78. The molecule has 0 aliphatic carbocycles. The minimum atomic E-state index is -0.287. The maximum Gasteiger partial charge on any atom is 0.282 e. The highest BCUT2D eigenvalue weighted by atomic mass is 16.5. The van der Waals surface area contributed by atoms with E-state index in [0.717, 1.165) is 5.56 Å². The molecule has 0 radical (unpaired) electrons. The van der Waals surface area contributed by atoms with Crippen LogP contribution in [-0.2, 0) is 9.59 Å². The van der Waals surface area contributed by atoms with Gasteiger partial charge in [-0.3, -0.25) is 14.5 Å². The van der Waals surface area contributed by atoms with Gasteiger partial charge in [-0.25, -0.2) is 4.99 Å². The third-order valence-corrected chi connectivity index (χ3v) is 5.33. The van der Waals surface area contributed by atoms with Crippen molar-refractivity contribution in [2.75, 3.05) is 31.5 Å². The topological polar surface area (TPSA) is 89.5 Å². The molecule has 1 aliphatic rings. The molecule has 0 fully saturated rings. The maximum atomic E-state index is 13.6. The summed E-state index contributed by atoms with van der Waals surface area (Å²) in [6.07, 6.45) is 1.68. The van der Waals surface area contributed by atoms with Gasteiger partial charge in [0.05, 0.1) is 27.0 Å². The van der Waals surface area contributed by atoms with E-state index in [1.807, 2.05) is 30.3 Å². The molecule has 8 heteroatoms. The number of nitrogens with one attached hydrogen (secondary N) is 1. The number of amidine groups is 1. The summed E-state index contributed by atoms with van der Waals surface area (Å²) < 4.78 is 16.3. The number of anilines is 2. The van der Waals surface area contributed by atoms with Crippen molar-refractivity contribution in [2.45, 2.75) is 6.92 Å². The van der Waals surface area contributed by atoms with Crippen LogP contribution in [-0.4, -0.2) is 39.0 Å². The number of amides is 2. The molecule has 0 bridgehead atoms. The minimum Gasteiger partial charge on any atom is -0.493 e. The predicted molar refractivity (Wildman–Crippen MR) is 135 cm³/mol. The van der Waals surface area contributed by atoms with E-state index in [9.17, 15) is 9.59 Å². The summed E-state index contributed by atoms with van der Waals surface area (Å²) in [5.41, 5.74) is 2.98. The molecule has 1 heterocycles. The van der Waals surface area contributed by atoms with Gasteiger partial charge in [0, 0.05) is 18.2 Å². The quantitative estimate of drug-likeness (QED) is 0.513. The van der Waals surface area contributed by atoms with E-state index >= 15 is 0 Å². The Morgan fingerprint density at radius 2 is 1.54 bits per heavy atom. The summed E-state index contributed by atoms with van der Waals surface area (Å²) in [5, 5.41) is 2.73. The summed E-state index contributed by atoms with van der Waals surface area (Å²) >= 11 is 0. The molecule has 35 heavy (non-hydrogen) atoms. The minimum absolute atomic E-state index is 0.169. The second-order valence-corrected chi connectivity index (χ2v) is 7.66. The number of hydrogen-bond acceptors (Lipinski definition) is 6. The lowest BCUT2D eigenvalue weighted by molar-refractivity contribution is -0.114. The van der Waals surface area contributed by atoms with Crippen molar-refractivity contribution in [3.05, 3.63) is 83.6 Å². The van der Waals surface area contributed by atoms with E-state index in [0.29, 0.717) is 40.0 Å². The van der Waals surface area contributed by atoms with Crippen LogP contribution in [0.1, 0.15) is 18.1 Å². The van der Waals surface area contributed by atoms with Crippen molar-refractivity contribution < 1.29 is 23.8 Å². The smallest absolute Gasteiger partial charge is 0.282 e. The van der Waals surface area contributed by atoms with Crippen LogP contribution >= 0.6 is 0 Å². The number of benzene rings is 3. The van der Waals surface area contributed by atoms with Gasteiger partial charge in [0.25, 0.3) is 5.91 Å². The predicted octanol–water partition coefficient (Wildman–Crippen LogP) is 4.51. The van der Waals surface area contributed by atoms with E-state index < -0.39 is 0 Å². The van der Waals surface area contributed by atoms with Gasteiger partial charge in [-0.2, -0.15) is 0 Å². The molecule has 178 valence electrons. The Kier molecular flexibility index (Phi) is 6.82. The standard InChI is InChI=1S/C27H25N3O5/c1-17(31)28-20-10-12-21(13-11-20)30-26(19-8-6-5-7-9-19)29-22(27(30)32)14-18-15-23(33-2)25(35-4)24(16-18)34-3/h5-16H,1-4H3,(H,28,31). The molecule has 0 atom stereocenters. The molecule has 0 spiro atoms. The lowest BCUT2D eigenvalue weighted by atomic mass is 10.1. The van der Waals surface area contributed by atoms with Crippen molar-refractivity contribution in [2.24, 2.45) is 4.99 Å². The molecule has 3 aromatic carbocycles. The van der Waals surface area contributed by atoms with Crippen LogP contribution in [0.2, 0.25) is 0 Å². The largest absolute Gasteiger partial charge is 0.493 e. The molecular formula is C27H25N3O5. The highest BCUT2D eigenvalue weighted by Gasteiger charge is 2.32. The third kappa shape index (κ3) is 4.86. The van der Waals surface area contributed by atoms with E-state index in [-0.39, 0.29) is 17.5 Å². The lowest BCUT2D eigenvalue weighted by Crippen LogP contribution is -2.32. The molecule has 0 aromatic heterocycles. The molecule has 2 amide bonds. The summed E-state index contributed by atoms with van der Waals surface area (Å²) in [7, 11) is 4.60. The van der Waals surface area contributed by atoms with E-state index in [2.05, 4.69) is 10.3 Å². The van der Waals surface area contributed by atoms with Crippen LogP contribution in [0.5, 0.6) is 17.2 Å². The Balaban J connectivity index is 1.78. The van der Waals surface area contributed by atoms with Gasteiger partial charge in [-0.1, -0.05) is 30.3 Å². The van der Waals surface area contributed by atoms with Gasteiger partial charge < -0.3 is 19.5 Å². The number of hydrogen-bond donors (Lipinski definition) is 1. The van der Waals surface area contributed by atoms with Gasteiger partial charge in [0.1, 0.15) is 11.5 Å². The highest BCUT2D eigenvalue weighted by Crippen LogP contribution is 2.39. The summed E-state index contributed by atoms with van der Waals surface area (Å²) in [6, 6.07) is 20.0. The van der Waals surface area contributed by atoms with Crippen molar-refractivity contribution in [3.8, 4) is 17.2 Å². The summed E-state index contributed by atoms with van der Waals surface area (Å²) in [6.45, 7) is 1.44. The summed E-state index contributed by atoms with van der Waals surface area (Å²) in [5.74, 6) is 1.46. The summed E-state index contributed by atoms with van der Waals surface area (Å²) in [4.78, 5) is 31.2. The molecule has 3 aromatic rings. The van der Waals surface area contributed by atoms with E-state index in [4.69, 9.17) is 14.2 Å². The number of ether oxygens (including phenoxy) is 3. The van der Waals surface area contributed by atoms with Crippen LogP contribution in [0.3, 0.4) is 0 Å². The fraction of sp³-hybridized carbons (Fsp3) is 0.148. The van der Waals surface area contributed by atoms with Crippen LogP contribution in [0.4, 0.5) is 11.4 Å². The number of carbonyl (C=O) groups is 2. The number of rotatable bonds is 7. The molecule has 1 N–H and O–H groups in total. The first-order valence-electron chi connectivity index (χ1n) is 10.8. The van der Waals surface area contributed by atoms with E-state index in [1.54, 1.807) is 47.4 Å². The first kappa shape index (κ1) is 23.6. The van der Waals surface area contributed by atoms with Crippen molar-refractivity contribution in [1.29, 1.82) is 0 Å². The zero-order valence-electron chi connectivity index (χ0n) is 19.9. The van der Waals surface area contributed by atoms with Crippen LogP contribution in [0.15, 0.2) is 77.4 Å². The molecule has 8 nitrogen and oxygen atoms in total. The molecule has 0 unspecified atom stereocenters. The maximum absolute atomic E-state index is 13.6. The van der Waals surface area contributed by atoms with Crippen molar-refractivity contribution in [3.63, 3.8) is 0 Å². The Morgan fingerprint density at radius 3 is 2.09 bits per heavy atom. The molecule has 1 aliphatic heterocycles. The Bertz CT molecular complexity index is 1290. The Hall–Kier alpha value is -4.59. The second-order valence-electron chi connectivity index (χ2n) is 7.66. The zero-order valence-corrected chi connectivity index (χ0v) is 19.9. The lowest BCUT2D eigenvalue weighted by Gasteiger charge is -2.19. The molecule has 0 saturated heterocycles. The van der Waals surface area contributed by atoms with Crippen LogP contribution < -0.4 is 24.4 Å². The van der Waals surface area contributed by atoms with Crippen molar-refractivity contribution >= 4 is 35.1 Å². The third-order valence-electron chi connectivity index (χ3n) is 5.33. The number of methoxy groups -OCH3 is 3. The molecule has 0 saturated carbocycles. The Morgan fingerprint density at radius 1 is 0.914 bits per heavy atom. The SMILES string of the molecule is COc1cc(C=C2N=C(c3ccccc3)N(c3ccc(NC(C)=O)cc3)C2=O)cc(OC)c1OC. The number of aliphatic imine (C=N–C) groups is 1. The normalized spacial score (nSPS) is 14.1. The molecule has 4 rings (SSSR count). The second kappa shape index (κ2) is 10.1. The van der Waals surface area contributed by atoms with Crippen molar-refractivity contribution in [1.82, 2.24) is 0 Å². The first-order valence-corrected chi connectivity index (χ1v) is 10.8. The highest BCUT2D eigenvalue weighted by molar-refractivity contribution is 6.33. The number of carbonyl (C=O) groups excluding carboxylic acids is 2. The van der Waals surface area contributed by atoms with Crippen LogP contribution in [0.25, 0.3) is 6.08 Å². The average molecular weight is 472 g/mol. The monoisotopic (exact) mass is 471 g/mol. The average Bonchev–Trinajstić information content (AvgIpc) is 3.19. The first-order chi connectivity index (χ1) is 16.9. The van der Waals surface area contributed by atoms with Gasteiger partial charge in [-0.05, 0) is 48.0 Å². The van der Waals surface area contributed by atoms with E-state index in [1.165, 1.54) is 28.3 Å². The fourth-order valence-corrected chi connectivity index (χ4v) is 3.78. The Labute approximate surface area is 203 Å². The number of nitrogens with zero attached hydrogens (tertiary/aromatic N) is 2. The molecular weight excluding hydrogens is 446 g/mol. The zero-order chi connectivity index (χ0) is 24.9. The van der Waals surface area contributed by atoms with Gasteiger partial charge >= 0.3 is 0 Å².